The molecule has 0 aromatic heterocycles. The monoisotopic (exact) mass is 307 g/mol. The van der Waals surface area contributed by atoms with Crippen LogP contribution in [0.5, 0.6) is 5.75 Å². The van der Waals surface area contributed by atoms with Crippen molar-refractivity contribution in [2.45, 2.75) is 20.4 Å². The van der Waals surface area contributed by atoms with Gasteiger partial charge in [-0.15, -0.1) is 0 Å². The van der Waals surface area contributed by atoms with Crippen LogP contribution in [0.15, 0.2) is 12.1 Å². The maximum atomic E-state index is 6.18. The number of halogens is 2. The van der Waals surface area contributed by atoms with E-state index in [-0.39, 0.29) is 0 Å². The molecular formula is C13H19Cl2NOS. The summed E-state index contributed by atoms with van der Waals surface area (Å²) in [7, 11) is 0. The average Bonchev–Trinajstić information content (AvgIpc) is 2.34. The molecule has 1 aromatic carbocycles. The SMILES string of the molecule is CCNCc1cc(Cl)cc(Cl)c1OCCSCC. The zero-order valence-electron chi connectivity index (χ0n) is 10.8. The number of thioether (sulfide) groups is 1. The van der Waals surface area contributed by atoms with E-state index in [1.807, 2.05) is 17.8 Å². The van der Waals surface area contributed by atoms with Gasteiger partial charge in [0.2, 0.25) is 0 Å². The summed E-state index contributed by atoms with van der Waals surface area (Å²) in [4.78, 5) is 0. The molecule has 1 rings (SSSR count). The minimum Gasteiger partial charge on any atom is -0.491 e. The number of hydrogen-bond donors (Lipinski definition) is 1. The second kappa shape index (κ2) is 8.92. The van der Waals surface area contributed by atoms with E-state index in [9.17, 15) is 0 Å². The highest BCUT2D eigenvalue weighted by molar-refractivity contribution is 7.99. The topological polar surface area (TPSA) is 21.3 Å². The molecule has 0 atom stereocenters. The molecule has 0 radical (unpaired) electrons. The van der Waals surface area contributed by atoms with Gasteiger partial charge < -0.3 is 10.1 Å². The van der Waals surface area contributed by atoms with E-state index in [2.05, 4.69) is 19.2 Å². The van der Waals surface area contributed by atoms with Crippen molar-refractivity contribution in [1.29, 1.82) is 0 Å². The van der Waals surface area contributed by atoms with Gasteiger partial charge in [-0.25, -0.2) is 0 Å². The summed E-state index contributed by atoms with van der Waals surface area (Å²) >= 11 is 14.0. The van der Waals surface area contributed by atoms with Crippen LogP contribution >= 0.6 is 35.0 Å². The van der Waals surface area contributed by atoms with Crippen LogP contribution < -0.4 is 10.1 Å². The number of hydrogen-bond acceptors (Lipinski definition) is 3. The van der Waals surface area contributed by atoms with Crippen molar-refractivity contribution < 1.29 is 4.74 Å². The fourth-order valence-corrected chi connectivity index (χ4v) is 2.59. The molecule has 1 N–H and O–H groups in total. The van der Waals surface area contributed by atoms with Crippen LogP contribution in [0.4, 0.5) is 0 Å². The predicted molar refractivity (Wildman–Crippen MR) is 82.3 cm³/mol. The number of benzene rings is 1. The summed E-state index contributed by atoms with van der Waals surface area (Å²) in [6, 6.07) is 3.62. The number of ether oxygens (including phenoxy) is 1. The second-order valence-corrected chi connectivity index (χ2v) is 5.94. The minimum atomic E-state index is 0.580. The zero-order chi connectivity index (χ0) is 13.4. The first-order chi connectivity index (χ1) is 8.69. The zero-order valence-corrected chi connectivity index (χ0v) is 13.1. The van der Waals surface area contributed by atoms with Crippen molar-refractivity contribution in [3.8, 4) is 5.75 Å². The highest BCUT2D eigenvalue weighted by Gasteiger charge is 2.10. The molecular weight excluding hydrogens is 289 g/mol. The lowest BCUT2D eigenvalue weighted by atomic mass is 10.2. The molecule has 1 aromatic rings. The third kappa shape index (κ3) is 5.27. The molecule has 0 aliphatic carbocycles. The molecule has 0 unspecified atom stereocenters. The highest BCUT2D eigenvalue weighted by Crippen LogP contribution is 2.32. The first-order valence-corrected chi connectivity index (χ1v) is 7.99. The molecule has 0 saturated carbocycles. The first kappa shape index (κ1) is 16.0. The Hall–Kier alpha value is -0.0900. The lowest BCUT2D eigenvalue weighted by molar-refractivity contribution is 0.339. The fraction of sp³-hybridized carbons (Fsp3) is 0.538. The molecule has 0 aliphatic rings. The molecule has 0 fully saturated rings. The van der Waals surface area contributed by atoms with Crippen molar-refractivity contribution in [2.24, 2.45) is 0 Å². The molecule has 0 bridgehead atoms. The molecule has 0 amide bonds. The van der Waals surface area contributed by atoms with Crippen molar-refractivity contribution in [1.82, 2.24) is 5.32 Å². The number of nitrogens with one attached hydrogen (secondary N) is 1. The van der Waals surface area contributed by atoms with Crippen molar-refractivity contribution >= 4 is 35.0 Å². The Bertz CT molecular complexity index is 374. The Morgan fingerprint density at radius 3 is 2.72 bits per heavy atom. The second-order valence-electron chi connectivity index (χ2n) is 3.70. The Morgan fingerprint density at radius 1 is 1.28 bits per heavy atom. The normalized spacial score (nSPS) is 10.7. The molecule has 0 saturated heterocycles. The van der Waals surface area contributed by atoms with Crippen molar-refractivity contribution in [3.05, 3.63) is 27.7 Å². The summed E-state index contributed by atoms with van der Waals surface area (Å²) in [6.45, 7) is 6.47. The van der Waals surface area contributed by atoms with Crippen molar-refractivity contribution in [3.63, 3.8) is 0 Å². The smallest absolute Gasteiger partial charge is 0.142 e. The molecule has 2 nitrogen and oxygen atoms in total. The molecule has 18 heavy (non-hydrogen) atoms. The van der Waals surface area contributed by atoms with Crippen LogP contribution in [-0.2, 0) is 6.54 Å². The first-order valence-electron chi connectivity index (χ1n) is 6.08. The number of rotatable bonds is 8. The van der Waals surface area contributed by atoms with E-state index < -0.39 is 0 Å². The molecule has 102 valence electrons. The summed E-state index contributed by atoms with van der Waals surface area (Å²) in [5, 5.41) is 4.48. The molecule has 0 spiro atoms. The Labute approximate surface area is 123 Å². The van der Waals surface area contributed by atoms with Crippen molar-refractivity contribution in [2.75, 3.05) is 24.7 Å². The summed E-state index contributed by atoms with van der Waals surface area (Å²) in [5.74, 6) is 2.82. The maximum absolute atomic E-state index is 6.18. The van der Waals surface area contributed by atoms with Gasteiger partial charge in [-0.3, -0.25) is 0 Å². The minimum absolute atomic E-state index is 0.580. The summed E-state index contributed by atoms with van der Waals surface area (Å²) in [6.07, 6.45) is 0. The lowest BCUT2D eigenvalue weighted by Gasteiger charge is -2.14. The standard InChI is InChI=1S/C13H19Cl2NOS/c1-3-16-9-10-7-11(14)8-12(15)13(10)17-5-6-18-4-2/h7-8,16H,3-6,9H2,1-2H3. The van der Waals surface area contributed by atoms with Gasteiger partial charge >= 0.3 is 0 Å². The summed E-state index contributed by atoms with van der Waals surface area (Å²) in [5.41, 5.74) is 1.01. The van der Waals surface area contributed by atoms with Gasteiger partial charge in [0.05, 0.1) is 11.6 Å². The van der Waals surface area contributed by atoms with Crippen LogP contribution in [0.1, 0.15) is 19.4 Å². The fourth-order valence-electron chi connectivity index (χ4n) is 1.51. The van der Waals surface area contributed by atoms with Crippen LogP contribution in [0.25, 0.3) is 0 Å². The largest absolute Gasteiger partial charge is 0.491 e. The molecule has 5 heteroatoms. The lowest BCUT2D eigenvalue weighted by Crippen LogP contribution is -2.13. The highest BCUT2D eigenvalue weighted by atomic mass is 35.5. The maximum Gasteiger partial charge on any atom is 0.142 e. The Morgan fingerprint density at radius 2 is 2.06 bits per heavy atom. The van der Waals surface area contributed by atoms with Crippen LogP contribution in [-0.4, -0.2) is 24.7 Å². The Balaban J connectivity index is 2.72. The van der Waals surface area contributed by atoms with Gasteiger partial charge in [0, 0.05) is 22.9 Å². The van der Waals surface area contributed by atoms with Gasteiger partial charge in [-0.2, -0.15) is 11.8 Å². The third-order valence-electron chi connectivity index (χ3n) is 2.33. The van der Waals surface area contributed by atoms with E-state index in [1.165, 1.54) is 0 Å². The average molecular weight is 308 g/mol. The van der Waals surface area contributed by atoms with Crippen LogP contribution in [0.3, 0.4) is 0 Å². The van der Waals surface area contributed by atoms with E-state index in [1.54, 1.807) is 6.07 Å². The predicted octanol–water partition coefficient (Wildman–Crippen LogP) is 4.23. The van der Waals surface area contributed by atoms with E-state index >= 15 is 0 Å². The Kier molecular flexibility index (Phi) is 7.91. The van der Waals surface area contributed by atoms with Crippen LogP contribution in [0, 0.1) is 0 Å². The quantitative estimate of drug-likeness (QED) is 0.726. The van der Waals surface area contributed by atoms with E-state index in [0.717, 1.165) is 29.4 Å². The van der Waals surface area contributed by atoms with E-state index in [4.69, 9.17) is 27.9 Å². The molecule has 0 aliphatic heterocycles. The van der Waals surface area contributed by atoms with Crippen LogP contribution in [0.2, 0.25) is 10.0 Å². The molecule has 0 heterocycles. The third-order valence-corrected chi connectivity index (χ3v) is 3.69. The van der Waals surface area contributed by atoms with Gasteiger partial charge in [0.15, 0.2) is 0 Å². The van der Waals surface area contributed by atoms with E-state index in [0.29, 0.717) is 23.2 Å². The summed E-state index contributed by atoms with van der Waals surface area (Å²) < 4.78 is 5.77. The van der Waals surface area contributed by atoms with Gasteiger partial charge in [-0.1, -0.05) is 37.0 Å². The van der Waals surface area contributed by atoms with Gasteiger partial charge in [0.1, 0.15) is 5.75 Å². The van der Waals surface area contributed by atoms with Gasteiger partial charge in [0.25, 0.3) is 0 Å². The van der Waals surface area contributed by atoms with Gasteiger partial charge in [-0.05, 0) is 24.4 Å².